The summed E-state index contributed by atoms with van der Waals surface area (Å²) in [6, 6.07) is 6.51. The van der Waals surface area contributed by atoms with Gasteiger partial charge in [-0.3, -0.25) is 0 Å². The number of hydrogen-bond acceptors (Lipinski definition) is 5. The first-order valence-corrected chi connectivity index (χ1v) is 8.02. The van der Waals surface area contributed by atoms with Crippen LogP contribution in [-0.4, -0.2) is 31.4 Å². The lowest BCUT2D eigenvalue weighted by Gasteiger charge is -2.13. The Kier molecular flexibility index (Phi) is 8.48. The van der Waals surface area contributed by atoms with Crippen LogP contribution in [0.2, 0.25) is 5.02 Å². The fourth-order valence-electron chi connectivity index (χ4n) is 1.70. The predicted octanol–water partition coefficient (Wildman–Crippen LogP) is 4.47. The van der Waals surface area contributed by atoms with E-state index in [4.69, 9.17) is 25.8 Å². The van der Waals surface area contributed by atoms with Crippen molar-refractivity contribution in [3.05, 3.63) is 34.9 Å². The number of carbonyl (C=O) groups excluding carboxylic acids is 2. The van der Waals surface area contributed by atoms with Gasteiger partial charge in [0.15, 0.2) is 0 Å². The third-order valence-electron chi connectivity index (χ3n) is 2.90. The molecule has 128 valence electrons. The third kappa shape index (κ3) is 8.45. The van der Waals surface area contributed by atoms with Crippen molar-refractivity contribution >= 4 is 23.7 Å². The van der Waals surface area contributed by atoms with Crippen molar-refractivity contribution in [3.63, 3.8) is 0 Å². The lowest BCUT2D eigenvalue weighted by atomic mass is 10.2. The molecular weight excluding hydrogens is 320 g/mol. The van der Waals surface area contributed by atoms with Crippen molar-refractivity contribution in [1.29, 1.82) is 0 Å². The smallest absolute Gasteiger partial charge is 0.459 e. The second-order valence-corrected chi connectivity index (χ2v) is 6.10. The van der Waals surface area contributed by atoms with Gasteiger partial charge in [-0.2, -0.15) is 0 Å². The van der Waals surface area contributed by atoms with Crippen LogP contribution < -0.4 is 0 Å². The molecule has 0 aliphatic rings. The molecule has 0 bridgehead atoms. The van der Waals surface area contributed by atoms with Gasteiger partial charge in [0.25, 0.3) is 0 Å². The number of ether oxygens (including phenoxy) is 3. The molecule has 0 amide bonds. The van der Waals surface area contributed by atoms with Gasteiger partial charge in [-0.25, -0.2) is 9.59 Å². The van der Waals surface area contributed by atoms with Gasteiger partial charge in [0.05, 0.1) is 24.9 Å². The first-order chi connectivity index (χ1) is 10.9. The zero-order chi connectivity index (χ0) is 17.2. The number of esters is 1. The van der Waals surface area contributed by atoms with E-state index >= 15 is 0 Å². The van der Waals surface area contributed by atoms with Crippen LogP contribution in [-0.2, 0) is 14.2 Å². The second-order valence-electron chi connectivity index (χ2n) is 5.67. The maximum Gasteiger partial charge on any atom is 0.508 e. The van der Waals surface area contributed by atoms with Crippen LogP contribution in [0.15, 0.2) is 24.3 Å². The van der Waals surface area contributed by atoms with Crippen LogP contribution in [0.25, 0.3) is 0 Å². The molecule has 0 spiro atoms. The van der Waals surface area contributed by atoms with E-state index in [2.05, 4.69) is 0 Å². The zero-order valence-electron chi connectivity index (χ0n) is 13.7. The van der Waals surface area contributed by atoms with Crippen molar-refractivity contribution < 1.29 is 23.8 Å². The summed E-state index contributed by atoms with van der Waals surface area (Å²) in [7, 11) is 0. The highest BCUT2D eigenvalue weighted by atomic mass is 35.5. The Hall–Kier alpha value is -1.75. The van der Waals surface area contributed by atoms with Crippen LogP contribution >= 0.6 is 11.6 Å². The molecule has 0 saturated carbocycles. The second kappa shape index (κ2) is 10.1. The van der Waals surface area contributed by atoms with Gasteiger partial charge in [-0.15, -0.1) is 0 Å². The Balaban J connectivity index is 2.19. The van der Waals surface area contributed by atoms with E-state index < -0.39 is 12.1 Å². The first-order valence-electron chi connectivity index (χ1n) is 7.64. The number of halogens is 1. The van der Waals surface area contributed by atoms with E-state index in [1.54, 1.807) is 31.2 Å². The van der Waals surface area contributed by atoms with Gasteiger partial charge in [0.2, 0.25) is 0 Å². The Morgan fingerprint density at radius 3 is 2.35 bits per heavy atom. The van der Waals surface area contributed by atoms with Crippen molar-refractivity contribution in [2.45, 2.75) is 39.7 Å². The zero-order valence-corrected chi connectivity index (χ0v) is 14.5. The molecule has 6 heteroatoms. The fourth-order valence-corrected chi connectivity index (χ4v) is 1.82. The van der Waals surface area contributed by atoms with Gasteiger partial charge in [-0.1, -0.05) is 25.4 Å². The summed E-state index contributed by atoms with van der Waals surface area (Å²) in [5.74, 6) is -0.124. The highest BCUT2D eigenvalue weighted by Gasteiger charge is 2.12. The molecule has 0 aliphatic heterocycles. The summed E-state index contributed by atoms with van der Waals surface area (Å²) in [5.41, 5.74) is 0.453. The lowest BCUT2D eigenvalue weighted by molar-refractivity contribution is 0.0260. The van der Waals surface area contributed by atoms with E-state index in [1.807, 2.05) is 13.8 Å². The van der Waals surface area contributed by atoms with Crippen molar-refractivity contribution in [1.82, 2.24) is 0 Å². The summed E-state index contributed by atoms with van der Waals surface area (Å²) >= 11 is 5.77. The Bertz CT molecular complexity index is 498. The summed E-state index contributed by atoms with van der Waals surface area (Å²) in [6.45, 7) is 6.27. The van der Waals surface area contributed by atoms with Crippen LogP contribution in [0.3, 0.4) is 0 Å². The van der Waals surface area contributed by atoms with E-state index in [1.165, 1.54) is 0 Å². The molecule has 1 atom stereocenters. The van der Waals surface area contributed by atoms with Gasteiger partial charge >= 0.3 is 12.1 Å². The Labute approximate surface area is 141 Å². The minimum Gasteiger partial charge on any atom is -0.459 e. The molecule has 0 radical (unpaired) electrons. The molecule has 0 fully saturated rings. The maximum atomic E-state index is 11.9. The predicted molar refractivity (Wildman–Crippen MR) is 87.7 cm³/mol. The van der Waals surface area contributed by atoms with Gasteiger partial charge in [0.1, 0.15) is 0 Å². The van der Waals surface area contributed by atoms with Crippen molar-refractivity contribution in [2.75, 3.05) is 13.2 Å². The maximum absolute atomic E-state index is 11.9. The van der Waals surface area contributed by atoms with Crippen molar-refractivity contribution in [2.24, 2.45) is 5.92 Å². The average molecular weight is 343 g/mol. The summed E-state index contributed by atoms with van der Waals surface area (Å²) < 4.78 is 15.1. The lowest BCUT2D eigenvalue weighted by Crippen LogP contribution is -2.17. The average Bonchev–Trinajstić information content (AvgIpc) is 2.50. The molecular formula is C17H23ClO5. The van der Waals surface area contributed by atoms with Gasteiger partial charge in [0, 0.05) is 5.02 Å². The van der Waals surface area contributed by atoms with Gasteiger partial charge < -0.3 is 14.2 Å². The molecule has 0 aliphatic carbocycles. The largest absolute Gasteiger partial charge is 0.508 e. The fraction of sp³-hybridized carbons (Fsp3) is 0.529. The SMILES string of the molecule is CC(C)COC(=O)OCCCC(C)OC(=O)c1ccc(Cl)cc1. The van der Waals surface area contributed by atoms with E-state index in [9.17, 15) is 9.59 Å². The third-order valence-corrected chi connectivity index (χ3v) is 3.15. The molecule has 0 aromatic heterocycles. The van der Waals surface area contributed by atoms with Crippen LogP contribution in [0.1, 0.15) is 44.0 Å². The highest BCUT2D eigenvalue weighted by Crippen LogP contribution is 2.12. The summed E-state index contributed by atoms with van der Waals surface area (Å²) in [6.07, 6.45) is 0.251. The van der Waals surface area contributed by atoms with Crippen molar-refractivity contribution in [3.8, 4) is 0 Å². The number of carbonyl (C=O) groups is 2. The van der Waals surface area contributed by atoms with Crippen LogP contribution in [0.5, 0.6) is 0 Å². The summed E-state index contributed by atoms with van der Waals surface area (Å²) in [4.78, 5) is 23.1. The normalized spacial score (nSPS) is 11.9. The topological polar surface area (TPSA) is 61.8 Å². The molecule has 1 rings (SSSR count). The number of rotatable bonds is 8. The van der Waals surface area contributed by atoms with Crippen LogP contribution in [0.4, 0.5) is 4.79 Å². The highest BCUT2D eigenvalue weighted by molar-refractivity contribution is 6.30. The molecule has 1 aromatic carbocycles. The molecule has 0 N–H and O–H groups in total. The minimum atomic E-state index is -0.662. The molecule has 1 unspecified atom stereocenters. The molecule has 0 heterocycles. The Morgan fingerprint density at radius 2 is 1.74 bits per heavy atom. The first kappa shape index (κ1) is 19.3. The van der Waals surface area contributed by atoms with Crippen LogP contribution in [0, 0.1) is 5.92 Å². The quantitative estimate of drug-likeness (QED) is 0.515. The Morgan fingerprint density at radius 1 is 1.09 bits per heavy atom. The standard InChI is InChI=1S/C17H23ClO5/c1-12(2)11-22-17(20)21-10-4-5-13(3)23-16(19)14-6-8-15(18)9-7-14/h6-9,12-13H,4-5,10-11H2,1-3H3. The van der Waals surface area contributed by atoms with Gasteiger partial charge in [-0.05, 0) is 49.9 Å². The summed E-state index contributed by atoms with van der Waals surface area (Å²) in [5, 5.41) is 0.566. The molecule has 5 nitrogen and oxygen atoms in total. The molecule has 1 aromatic rings. The number of hydrogen-bond donors (Lipinski definition) is 0. The minimum absolute atomic E-state index is 0.236. The molecule has 23 heavy (non-hydrogen) atoms. The monoisotopic (exact) mass is 342 g/mol. The van der Waals surface area contributed by atoms with E-state index in [0.717, 1.165) is 0 Å². The van der Waals surface area contributed by atoms with E-state index in [-0.39, 0.29) is 18.6 Å². The van der Waals surface area contributed by atoms with E-state index in [0.29, 0.717) is 30.0 Å². The number of benzene rings is 1. The molecule has 0 saturated heterocycles.